The first-order valence-electron chi connectivity index (χ1n) is 16.0. The molecule has 0 radical (unpaired) electrons. The largest absolute Gasteiger partial charge is 0.278 e. The summed E-state index contributed by atoms with van der Waals surface area (Å²) in [5, 5.41) is 7.18. The molecule has 0 fully saturated rings. The molecular weight excluding hydrogens is 605 g/mol. The van der Waals surface area contributed by atoms with Crippen molar-refractivity contribution in [2.45, 2.75) is 0 Å². The molecule has 0 amide bonds. The predicted octanol–water partition coefficient (Wildman–Crippen LogP) is 11.5. The monoisotopic (exact) mass is 630 g/mol. The van der Waals surface area contributed by atoms with Crippen molar-refractivity contribution in [3.05, 3.63) is 158 Å². The first kappa shape index (κ1) is 27.0. The molecule has 0 bridgehead atoms. The maximum absolute atomic E-state index is 5.25. The Bertz CT molecular complexity index is 2850. The van der Waals surface area contributed by atoms with Crippen LogP contribution in [-0.2, 0) is 0 Å². The molecule has 0 aliphatic rings. The molecular formula is C43H26N4S. The van der Waals surface area contributed by atoms with Crippen molar-refractivity contribution in [2.75, 3.05) is 0 Å². The topological polar surface area (TPSA) is 43.6 Å². The van der Waals surface area contributed by atoms with Gasteiger partial charge in [0.15, 0.2) is 11.6 Å². The van der Waals surface area contributed by atoms with Crippen LogP contribution in [0.5, 0.6) is 0 Å². The van der Waals surface area contributed by atoms with Crippen LogP contribution in [0.2, 0.25) is 0 Å². The van der Waals surface area contributed by atoms with Crippen molar-refractivity contribution in [1.29, 1.82) is 0 Å². The summed E-state index contributed by atoms with van der Waals surface area (Å²) in [5.41, 5.74) is 6.29. The van der Waals surface area contributed by atoms with Crippen molar-refractivity contribution in [3.63, 3.8) is 0 Å². The third-order valence-corrected chi connectivity index (χ3v) is 10.4. The molecule has 0 N–H and O–H groups in total. The Morgan fingerprint density at radius 1 is 0.375 bits per heavy atom. The van der Waals surface area contributed by atoms with Crippen LogP contribution in [-0.4, -0.2) is 19.5 Å². The van der Waals surface area contributed by atoms with Gasteiger partial charge in [-0.2, -0.15) is 9.97 Å². The second kappa shape index (κ2) is 10.7. The molecule has 0 saturated carbocycles. The van der Waals surface area contributed by atoms with E-state index in [4.69, 9.17) is 15.0 Å². The average molecular weight is 631 g/mol. The lowest BCUT2D eigenvalue weighted by molar-refractivity contribution is 0.954. The van der Waals surface area contributed by atoms with E-state index < -0.39 is 0 Å². The Morgan fingerprint density at radius 2 is 1.02 bits per heavy atom. The molecule has 10 rings (SSSR count). The molecule has 0 aliphatic carbocycles. The minimum atomic E-state index is 0.594. The summed E-state index contributed by atoms with van der Waals surface area (Å²) in [6.45, 7) is 0. The Hall–Kier alpha value is -6.17. The van der Waals surface area contributed by atoms with E-state index in [1.165, 1.54) is 41.7 Å². The lowest BCUT2D eigenvalue weighted by atomic mass is 10.0. The number of benzene rings is 7. The molecule has 0 spiro atoms. The highest BCUT2D eigenvalue weighted by Crippen LogP contribution is 2.38. The van der Waals surface area contributed by atoms with Crippen LogP contribution in [0.25, 0.3) is 92.6 Å². The molecule has 5 heteroatoms. The average Bonchev–Trinajstić information content (AvgIpc) is 3.69. The quantitative estimate of drug-likeness (QED) is 0.194. The Morgan fingerprint density at radius 3 is 1.88 bits per heavy atom. The minimum Gasteiger partial charge on any atom is -0.278 e. The number of thiophene rings is 1. The van der Waals surface area contributed by atoms with E-state index in [1.54, 1.807) is 0 Å². The summed E-state index contributed by atoms with van der Waals surface area (Å²) in [7, 11) is 0. The van der Waals surface area contributed by atoms with E-state index in [9.17, 15) is 0 Å². The van der Waals surface area contributed by atoms with Gasteiger partial charge in [-0.1, -0.05) is 109 Å². The first-order chi connectivity index (χ1) is 23.8. The zero-order valence-electron chi connectivity index (χ0n) is 25.7. The van der Waals surface area contributed by atoms with Gasteiger partial charge < -0.3 is 0 Å². The van der Waals surface area contributed by atoms with E-state index in [0.29, 0.717) is 17.6 Å². The summed E-state index contributed by atoms with van der Waals surface area (Å²) >= 11 is 1.81. The highest BCUT2D eigenvalue weighted by atomic mass is 32.1. The fraction of sp³-hybridized carbons (Fsp3) is 0. The van der Waals surface area contributed by atoms with Gasteiger partial charge in [0.1, 0.15) is 0 Å². The molecule has 4 nitrogen and oxygen atoms in total. The van der Waals surface area contributed by atoms with E-state index in [-0.39, 0.29) is 0 Å². The molecule has 3 heterocycles. The van der Waals surface area contributed by atoms with E-state index in [2.05, 4.69) is 156 Å². The van der Waals surface area contributed by atoms with Crippen LogP contribution in [0.15, 0.2) is 158 Å². The fourth-order valence-corrected chi connectivity index (χ4v) is 8.01. The van der Waals surface area contributed by atoms with Gasteiger partial charge >= 0.3 is 0 Å². The van der Waals surface area contributed by atoms with Gasteiger partial charge in [0.05, 0.1) is 11.0 Å². The van der Waals surface area contributed by atoms with Crippen LogP contribution in [0.3, 0.4) is 0 Å². The molecule has 3 aromatic heterocycles. The molecule has 0 atom stereocenters. The summed E-state index contributed by atoms with van der Waals surface area (Å²) in [4.78, 5) is 15.6. The van der Waals surface area contributed by atoms with E-state index in [0.717, 1.165) is 33.3 Å². The summed E-state index contributed by atoms with van der Waals surface area (Å²) in [5.74, 6) is 1.87. The first-order valence-corrected chi connectivity index (χ1v) is 16.8. The molecule has 224 valence electrons. The number of rotatable bonds is 4. The van der Waals surface area contributed by atoms with Crippen molar-refractivity contribution in [3.8, 4) is 39.9 Å². The number of hydrogen-bond donors (Lipinski definition) is 0. The van der Waals surface area contributed by atoms with Crippen molar-refractivity contribution in [2.24, 2.45) is 0 Å². The van der Waals surface area contributed by atoms with Gasteiger partial charge in [0, 0.05) is 42.1 Å². The lowest BCUT2D eigenvalue weighted by Gasteiger charge is -2.12. The Kier molecular flexibility index (Phi) is 6.01. The standard InChI is InChI=1S/C43H26N4S/c1-2-11-27(12-3-1)28-15-10-16-31(23-28)41-44-42(32-21-22-40-36(25-32)34-18-7-9-20-39(34)48-40)46-43(45-41)47-37-19-8-6-17-33(37)35-24-29-13-4-5-14-30(29)26-38(35)47/h1-26H. The normalized spacial score (nSPS) is 11.8. The number of fused-ring (bicyclic) bond motifs is 7. The van der Waals surface area contributed by atoms with Gasteiger partial charge in [0.2, 0.25) is 5.95 Å². The Balaban J connectivity index is 1.26. The fourth-order valence-electron chi connectivity index (χ4n) is 6.93. The highest BCUT2D eigenvalue weighted by molar-refractivity contribution is 7.25. The maximum Gasteiger partial charge on any atom is 0.238 e. The van der Waals surface area contributed by atoms with Crippen molar-refractivity contribution >= 4 is 64.1 Å². The van der Waals surface area contributed by atoms with Gasteiger partial charge in [0.25, 0.3) is 0 Å². The molecule has 48 heavy (non-hydrogen) atoms. The second-order valence-corrected chi connectivity index (χ2v) is 13.2. The summed E-state index contributed by atoms with van der Waals surface area (Å²) in [6.07, 6.45) is 0. The zero-order valence-corrected chi connectivity index (χ0v) is 26.5. The molecule has 0 saturated heterocycles. The Labute approximate surface area is 280 Å². The number of hydrogen-bond acceptors (Lipinski definition) is 4. The molecule has 0 unspecified atom stereocenters. The van der Waals surface area contributed by atoms with Crippen LogP contribution in [0.1, 0.15) is 0 Å². The van der Waals surface area contributed by atoms with E-state index in [1.807, 2.05) is 17.4 Å². The third kappa shape index (κ3) is 4.33. The summed E-state index contributed by atoms with van der Waals surface area (Å²) in [6, 6.07) is 55.6. The zero-order chi connectivity index (χ0) is 31.6. The maximum atomic E-state index is 5.25. The van der Waals surface area contributed by atoms with Crippen LogP contribution in [0.4, 0.5) is 0 Å². The van der Waals surface area contributed by atoms with Crippen LogP contribution in [0, 0.1) is 0 Å². The highest BCUT2D eigenvalue weighted by Gasteiger charge is 2.19. The third-order valence-electron chi connectivity index (χ3n) is 9.23. The molecule has 10 aromatic rings. The van der Waals surface area contributed by atoms with Gasteiger partial charge in [-0.05, 0) is 70.4 Å². The number of aromatic nitrogens is 4. The number of nitrogens with zero attached hydrogens (tertiary/aromatic N) is 4. The second-order valence-electron chi connectivity index (χ2n) is 12.1. The minimum absolute atomic E-state index is 0.594. The SMILES string of the molecule is c1ccc(-c2cccc(-c3nc(-c4ccc5sc6ccccc6c5c4)nc(-n4c5ccccc5c5cc6ccccc6cc54)n3)c2)cc1. The van der Waals surface area contributed by atoms with Crippen LogP contribution < -0.4 is 0 Å². The van der Waals surface area contributed by atoms with Gasteiger partial charge in [-0.25, -0.2) is 4.98 Å². The van der Waals surface area contributed by atoms with Crippen molar-refractivity contribution < 1.29 is 0 Å². The van der Waals surface area contributed by atoms with Gasteiger partial charge in [-0.15, -0.1) is 11.3 Å². The smallest absolute Gasteiger partial charge is 0.238 e. The molecule has 7 aromatic carbocycles. The summed E-state index contributed by atoms with van der Waals surface area (Å²) < 4.78 is 4.72. The van der Waals surface area contributed by atoms with E-state index >= 15 is 0 Å². The lowest BCUT2D eigenvalue weighted by Crippen LogP contribution is -2.06. The molecule has 0 aliphatic heterocycles. The number of para-hydroxylation sites is 1. The van der Waals surface area contributed by atoms with Crippen molar-refractivity contribution in [1.82, 2.24) is 19.5 Å². The van der Waals surface area contributed by atoms with Gasteiger partial charge in [-0.3, -0.25) is 4.57 Å². The van der Waals surface area contributed by atoms with Crippen LogP contribution >= 0.6 is 11.3 Å². The predicted molar refractivity (Wildman–Crippen MR) is 201 cm³/mol.